The molecule has 1 heterocycles. The van der Waals surface area contributed by atoms with E-state index < -0.39 is 82.3 Å². The number of ether oxygens (including phenoxy) is 1. The zero-order valence-corrected chi connectivity index (χ0v) is 24.9. The molecule has 0 spiro atoms. The molecular formula is C32H24F7N5O4. The number of anilines is 2. The van der Waals surface area contributed by atoms with Crippen LogP contribution in [0.5, 0.6) is 0 Å². The summed E-state index contributed by atoms with van der Waals surface area (Å²) < 4.78 is 102. The van der Waals surface area contributed by atoms with Gasteiger partial charge in [0.05, 0.1) is 47.5 Å². The van der Waals surface area contributed by atoms with E-state index >= 15 is 0 Å². The molecule has 1 aromatic heterocycles. The van der Waals surface area contributed by atoms with Gasteiger partial charge in [-0.05, 0) is 74.5 Å². The average molecular weight is 676 g/mol. The van der Waals surface area contributed by atoms with Crippen LogP contribution in [0, 0.1) is 28.5 Å². The molecule has 0 aliphatic heterocycles. The van der Waals surface area contributed by atoms with Gasteiger partial charge in [0, 0.05) is 28.5 Å². The number of fused-ring (bicyclic) bond motifs is 1. The first-order chi connectivity index (χ1) is 22.3. The molecule has 0 fully saturated rings. The number of carbonyl (C=O) groups is 2. The maximum Gasteiger partial charge on any atom is 0.417 e. The van der Waals surface area contributed by atoms with Crippen LogP contribution in [0.15, 0.2) is 66.9 Å². The first kappa shape index (κ1) is 35.4. The van der Waals surface area contributed by atoms with Gasteiger partial charge in [-0.1, -0.05) is 0 Å². The molecule has 2 amide bonds. The summed E-state index contributed by atoms with van der Waals surface area (Å²) in [4.78, 5) is 26.6. The predicted molar refractivity (Wildman–Crippen MR) is 156 cm³/mol. The molecule has 0 saturated heterocycles. The van der Waals surface area contributed by atoms with Crippen molar-refractivity contribution in [2.75, 3.05) is 17.2 Å². The summed E-state index contributed by atoms with van der Waals surface area (Å²) in [5, 5.41) is 33.9. The molecule has 3 N–H and O–H groups in total. The number of halogens is 7. The lowest BCUT2D eigenvalue weighted by atomic mass is 10.0. The van der Waals surface area contributed by atoms with E-state index in [4.69, 9.17) is 15.3 Å². The second-order valence-electron chi connectivity index (χ2n) is 11.1. The second-order valence-corrected chi connectivity index (χ2v) is 11.1. The number of aliphatic hydroxyl groups is 1. The van der Waals surface area contributed by atoms with Gasteiger partial charge in [0.25, 0.3) is 11.8 Å². The maximum absolute atomic E-state index is 13.8. The molecular weight excluding hydrogens is 651 g/mol. The Morgan fingerprint density at radius 1 is 0.812 bits per heavy atom. The Kier molecular flexibility index (Phi) is 9.57. The molecule has 48 heavy (non-hydrogen) atoms. The summed E-state index contributed by atoms with van der Waals surface area (Å²) in [7, 11) is 0. The van der Waals surface area contributed by atoms with E-state index in [9.17, 15) is 45.4 Å². The molecule has 1 unspecified atom stereocenters. The van der Waals surface area contributed by atoms with E-state index in [1.54, 1.807) is 0 Å². The van der Waals surface area contributed by atoms with Crippen LogP contribution >= 0.6 is 0 Å². The van der Waals surface area contributed by atoms with Crippen LogP contribution in [0.3, 0.4) is 0 Å². The lowest BCUT2D eigenvalue weighted by Crippen LogP contribution is -2.52. The largest absolute Gasteiger partial charge is 0.417 e. The van der Waals surface area contributed by atoms with E-state index in [1.807, 2.05) is 0 Å². The fourth-order valence-electron chi connectivity index (χ4n) is 4.62. The van der Waals surface area contributed by atoms with E-state index in [0.717, 1.165) is 37.3 Å². The molecule has 0 aliphatic rings. The second kappa shape index (κ2) is 13.0. The molecule has 9 nitrogen and oxygen atoms in total. The van der Waals surface area contributed by atoms with Gasteiger partial charge in [-0.25, -0.2) is 4.39 Å². The lowest BCUT2D eigenvalue weighted by molar-refractivity contribution is -0.159. The lowest BCUT2D eigenvalue weighted by Gasteiger charge is -2.33. The Hall–Kier alpha value is -5.45. The van der Waals surface area contributed by atoms with Gasteiger partial charge < -0.3 is 25.0 Å². The highest BCUT2D eigenvalue weighted by molar-refractivity contribution is 5.98. The normalized spacial score (nSPS) is 14.3. The van der Waals surface area contributed by atoms with Gasteiger partial charge in [-0.3, -0.25) is 9.59 Å². The molecule has 4 rings (SSSR count). The summed E-state index contributed by atoms with van der Waals surface area (Å²) in [6.45, 7) is 0.800. The van der Waals surface area contributed by atoms with E-state index in [-0.39, 0.29) is 5.69 Å². The maximum atomic E-state index is 13.8. The molecule has 2 atom stereocenters. The molecule has 0 saturated carbocycles. The fraction of sp³-hybridized carbons (Fsp3) is 0.250. The Morgan fingerprint density at radius 2 is 1.33 bits per heavy atom. The van der Waals surface area contributed by atoms with Crippen molar-refractivity contribution >= 4 is 34.1 Å². The zero-order chi connectivity index (χ0) is 35.7. The van der Waals surface area contributed by atoms with Crippen LogP contribution in [-0.4, -0.2) is 39.3 Å². The summed E-state index contributed by atoms with van der Waals surface area (Å²) in [5.74, 6) is -2.86. The standard InChI is InChI=1S/C32H24F7N5O4/c1-29(47,27(45)42-22-6-3-19(14-40)24(12-22)31(34,35)36)17-48-30(2,16-44-10-9-18-11-21(33)5-8-26(18)44)28(46)43-23-7-4-20(15-41)25(13-23)32(37,38)39/h3-13,47H,16-17H2,1-2H3,(H,42,45)(H,43,46)/t29?,30-/m0/s1. The number of hydrogen-bond acceptors (Lipinski definition) is 6. The molecule has 16 heteroatoms. The number of hydrogen-bond donors (Lipinski definition) is 3. The number of alkyl halides is 6. The summed E-state index contributed by atoms with van der Waals surface area (Å²) in [5.41, 5.74) is -9.01. The van der Waals surface area contributed by atoms with Crippen molar-refractivity contribution in [3.05, 3.63) is 94.9 Å². The Labute approximate surface area is 267 Å². The summed E-state index contributed by atoms with van der Waals surface area (Å²) >= 11 is 0. The molecule has 250 valence electrons. The van der Waals surface area contributed by atoms with E-state index in [0.29, 0.717) is 23.0 Å². The Bertz CT molecular complexity index is 1970. The van der Waals surface area contributed by atoms with Crippen molar-refractivity contribution in [3.63, 3.8) is 0 Å². The quantitative estimate of drug-likeness (QED) is 0.176. The van der Waals surface area contributed by atoms with Crippen LogP contribution in [0.1, 0.15) is 36.1 Å². The van der Waals surface area contributed by atoms with Gasteiger partial charge in [0.15, 0.2) is 11.2 Å². The molecule has 0 aliphatic carbocycles. The number of amides is 2. The number of nitrogens with zero attached hydrogens (tertiary/aromatic N) is 3. The van der Waals surface area contributed by atoms with Crippen LogP contribution in [0.4, 0.5) is 42.1 Å². The number of aromatic nitrogens is 1. The molecule has 3 aromatic carbocycles. The van der Waals surface area contributed by atoms with Crippen molar-refractivity contribution in [2.45, 2.75) is 43.9 Å². The Morgan fingerprint density at radius 3 is 1.83 bits per heavy atom. The van der Waals surface area contributed by atoms with Crippen LogP contribution in [0.2, 0.25) is 0 Å². The third-order valence-electron chi connectivity index (χ3n) is 7.25. The first-order valence-corrected chi connectivity index (χ1v) is 13.7. The number of benzene rings is 3. The molecule has 4 aromatic rings. The molecule has 0 bridgehead atoms. The van der Waals surface area contributed by atoms with Crippen LogP contribution in [-0.2, 0) is 33.2 Å². The zero-order valence-electron chi connectivity index (χ0n) is 24.9. The third-order valence-corrected chi connectivity index (χ3v) is 7.25. The van der Waals surface area contributed by atoms with E-state index in [2.05, 4.69) is 10.6 Å². The predicted octanol–water partition coefficient (Wildman–Crippen LogP) is 6.37. The first-order valence-electron chi connectivity index (χ1n) is 13.7. The third kappa shape index (κ3) is 7.74. The summed E-state index contributed by atoms with van der Waals surface area (Å²) in [6, 6.07) is 12.9. The van der Waals surface area contributed by atoms with Gasteiger partial charge in [-0.2, -0.15) is 36.9 Å². The summed E-state index contributed by atoms with van der Waals surface area (Å²) in [6.07, 6.45) is -8.40. The highest BCUT2D eigenvalue weighted by atomic mass is 19.4. The van der Waals surface area contributed by atoms with Crippen molar-refractivity contribution in [1.82, 2.24) is 4.57 Å². The highest BCUT2D eigenvalue weighted by Crippen LogP contribution is 2.35. The van der Waals surface area contributed by atoms with Crippen LogP contribution < -0.4 is 10.6 Å². The van der Waals surface area contributed by atoms with Crippen molar-refractivity contribution < 1.29 is 50.2 Å². The van der Waals surface area contributed by atoms with Crippen molar-refractivity contribution in [3.8, 4) is 12.1 Å². The van der Waals surface area contributed by atoms with Gasteiger partial charge in [0.1, 0.15) is 5.82 Å². The Balaban J connectivity index is 1.63. The number of carbonyl (C=O) groups excluding carboxylic acids is 2. The van der Waals surface area contributed by atoms with Gasteiger partial charge in [-0.15, -0.1) is 0 Å². The molecule has 0 radical (unpaired) electrons. The minimum Gasteiger partial charge on any atom is -0.378 e. The smallest absolute Gasteiger partial charge is 0.378 e. The number of nitrogens with one attached hydrogen (secondary N) is 2. The SMILES string of the molecule is CC(O)(CO[C@@](C)(Cn1ccc2cc(F)ccc21)C(=O)Nc1ccc(C#N)c(C(F)(F)F)c1)C(=O)Nc1ccc(C#N)c(C(F)(F)F)c1. The number of nitriles is 2. The fourth-order valence-corrected chi connectivity index (χ4v) is 4.62. The minimum absolute atomic E-state index is 0.369. The number of rotatable bonds is 9. The van der Waals surface area contributed by atoms with Crippen molar-refractivity contribution in [2.24, 2.45) is 0 Å². The van der Waals surface area contributed by atoms with Crippen LogP contribution in [0.25, 0.3) is 10.9 Å². The van der Waals surface area contributed by atoms with E-state index in [1.165, 1.54) is 48.0 Å². The highest BCUT2D eigenvalue weighted by Gasteiger charge is 2.41. The van der Waals surface area contributed by atoms with Gasteiger partial charge >= 0.3 is 12.4 Å². The van der Waals surface area contributed by atoms with Gasteiger partial charge in [0.2, 0.25) is 0 Å². The average Bonchev–Trinajstić information content (AvgIpc) is 3.40. The topological polar surface area (TPSA) is 140 Å². The monoisotopic (exact) mass is 675 g/mol. The van der Waals surface area contributed by atoms with Crippen molar-refractivity contribution in [1.29, 1.82) is 10.5 Å². The minimum atomic E-state index is -4.94.